The molecule has 0 aromatic carbocycles. The molecule has 4 atom stereocenters. The van der Waals surface area contributed by atoms with Crippen LogP contribution in [0, 0.1) is 11.3 Å². The first-order valence-corrected chi connectivity index (χ1v) is 8.46. The molecular weight excluding hydrogens is 242 g/mol. The van der Waals surface area contributed by atoms with Gasteiger partial charge < -0.3 is 10.0 Å². The van der Waals surface area contributed by atoms with Crippen molar-refractivity contribution in [2.45, 2.75) is 57.0 Å². The lowest BCUT2D eigenvalue weighted by molar-refractivity contribution is 0.0235. The summed E-state index contributed by atoms with van der Waals surface area (Å²) in [6.07, 6.45) is 5.09. The summed E-state index contributed by atoms with van der Waals surface area (Å²) in [7, 11) is 0. The lowest BCUT2D eigenvalue weighted by Gasteiger charge is -2.45. The number of hydrogen-bond donors (Lipinski definition) is 1. The van der Waals surface area contributed by atoms with Gasteiger partial charge in [0.15, 0.2) is 0 Å². The summed E-state index contributed by atoms with van der Waals surface area (Å²) in [5.41, 5.74) is 0.194. The molecule has 3 heteroatoms. The van der Waals surface area contributed by atoms with Gasteiger partial charge in [-0.05, 0) is 18.8 Å². The van der Waals surface area contributed by atoms with E-state index in [1.54, 1.807) is 0 Å². The Morgan fingerprint density at radius 2 is 1.89 bits per heavy atom. The molecule has 0 radical (unpaired) electrons. The molecule has 1 N–H and O–H groups in total. The predicted octanol–water partition coefficient (Wildman–Crippen LogP) is 3.00. The van der Waals surface area contributed by atoms with Crippen LogP contribution in [0.5, 0.6) is 0 Å². The van der Waals surface area contributed by atoms with Gasteiger partial charge in [0.2, 0.25) is 0 Å². The van der Waals surface area contributed by atoms with Gasteiger partial charge in [-0.15, -0.1) is 0 Å². The molecule has 0 amide bonds. The molecule has 2 fully saturated rings. The van der Waals surface area contributed by atoms with Crippen molar-refractivity contribution in [2.75, 3.05) is 26.2 Å². The first kappa shape index (κ1) is 14.7. The van der Waals surface area contributed by atoms with E-state index in [0.717, 1.165) is 23.0 Å². The van der Waals surface area contributed by atoms with Gasteiger partial charge in [0.1, 0.15) is 0 Å². The highest BCUT2D eigenvalue weighted by Crippen LogP contribution is 2.40. The Labute approximate surface area is 117 Å². The molecular formula is C15H29NOS. The molecule has 2 aliphatic rings. The zero-order valence-electron chi connectivity index (χ0n) is 12.2. The highest BCUT2D eigenvalue weighted by atomic mass is 32.2. The van der Waals surface area contributed by atoms with Crippen LogP contribution in [-0.4, -0.2) is 46.7 Å². The minimum absolute atomic E-state index is 0.194. The Morgan fingerprint density at radius 3 is 2.44 bits per heavy atom. The quantitative estimate of drug-likeness (QED) is 0.853. The van der Waals surface area contributed by atoms with E-state index in [-0.39, 0.29) is 5.41 Å². The minimum Gasteiger partial charge on any atom is -0.396 e. The Balaban J connectivity index is 1.96. The van der Waals surface area contributed by atoms with Crippen molar-refractivity contribution in [3.63, 3.8) is 0 Å². The fraction of sp³-hybridized carbons (Fsp3) is 1.00. The molecule has 1 heterocycles. The molecule has 1 saturated heterocycles. The number of aliphatic hydroxyl groups is 1. The predicted molar refractivity (Wildman–Crippen MR) is 80.1 cm³/mol. The van der Waals surface area contributed by atoms with Crippen molar-refractivity contribution < 1.29 is 5.11 Å². The SMILES string of the molecule is CC1CCCC(CO)(CN2CC(C)SC(C)C2)C1. The molecule has 1 saturated carbocycles. The minimum atomic E-state index is 0.194. The Hall–Kier alpha value is 0.270. The van der Waals surface area contributed by atoms with E-state index in [2.05, 4.69) is 37.4 Å². The van der Waals surface area contributed by atoms with Crippen molar-refractivity contribution >= 4 is 11.8 Å². The number of rotatable bonds is 3. The molecule has 2 nitrogen and oxygen atoms in total. The van der Waals surface area contributed by atoms with E-state index in [9.17, 15) is 5.11 Å². The van der Waals surface area contributed by atoms with Crippen molar-refractivity contribution in [3.05, 3.63) is 0 Å². The highest BCUT2D eigenvalue weighted by Gasteiger charge is 2.37. The van der Waals surface area contributed by atoms with Crippen molar-refractivity contribution in [2.24, 2.45) is 11.3 Å². The molecule has 0 aromatic rings. The van der Waals surface area contributed by atoms with Gasteiger partial charge in [0.25, 0.3) is 0 Å². The van der Waals surface area contributed by atoms with E-state index < -0.39 is 0 Å². The molecule has 0 bridgehead atoms. The number of aliphatic hydroxyl groups excluding tert-OH is 1. The van der Waals surface area contributed by atoms with Crippen LogP contribution >= 0.6 is 11.8 Å². The van der Waals surface area contributed by atoms with Gasteiger partial charge in [-0.2, -0.15) is 11.8 Å². The molecule has 18 heavy (non-hydrogen) atoms. The van der Waals surface area contributed by atoms with Gasteiger partial charge in [0, 0.05) is 42.2 Å². The number of thioether (sulfide) groups is 1. The van der Waals surface area contributed by atoms with Crippen LogP contribution in [-0.2, 0) is 0 Å². The van der Waals surface area contributed by atoms with Gasteiger partial charge in [-0.1, -0.05) is 33.6 Å². The van der Waals surface area contributed by atoms with Crippen LogP contribution in [0.4, 0.5) is 0 Å². The maximum absolute atomic E-state index is 9.89. The highest BCUT2D eigenvalue weighted by molar-refractivity contribution is 8.00. The number of nitrogens with zero attached hydrogens (tertiary/aromatic N) is 1. The summed E-state index contributed by atoms with van der Waals surface area (Å²) in [5, 5.41) is 11.4. The van der Waals surface area contributed by atoms with Crippen molar-refractivity contribution in [3.8, 4) is 0 Å². The Bertz CT molecular complexity index is 263. The Kier molecular flexibility index (Phi) is 5.01. The smallest absolute Gasteiger partial charge is 0.0499 e. The third-order valence-electron chi connectivity index (χ3n) is 4.58. The fourth-order valence-corrected chi connectivity index (χ4v) is 5.38. The first-order valence-electron chi connectivity index (χ1n) is 7.52. The standard InChI is InChI=1S/C15H29NOS/c1-12-5-4-6-15(7-12,11-17)10-16-8-13(2)18-14(3)9-16/h12-14,17H,4-11H2,1-3H3. The van der Waals surface area contributed by atoms with Gasteiger partial charge in [0.05, 0.1) is 0 Å². The average molecular weight is 271 g/mol. The zero-order chi connectivity index (χ0) is 13.2. The maximum Gasteiger partial charge on any atom is 0.0499 e. The van der Waals surface area contributed by atoms with Crippen LogP contribution in [0.3, 0.4) is 0 Å². The van der Waals surface area contributed by atoms with Crippen molar-refractivity contribution in [1.29, 1.82) is 0 Å². The van der Waals surface area contributed by atoms with Gasteiger partial charge >= 0.3 is 0 Å². The lowest BCUT2D eigenvalue weighted by Crippen LogP contribution is -2.48. The van der Waals surface area contributed by atoms with Crippen LogP contribution in [0.2, 0.25) is 0 Å². The molecule has 0 spiro atoms. The summed E-state index contributed by atoms with van der Waals surface area (Å²) >= 11 is 2.11. The normalized spacial score (nSPS) is 43.0. The lowest BCUT2D eigenvalue weighted by atomic mass is 9.70. The van der Waals surface area contributed by atoms with Gasteiger partial charge in [-0.25, -0.2) is 0 Å². The summed E-state index contributed by atoms with van der Waals surface area (Å²) in [5.74, 6) is 0.792. The van der Waals surface area contributed by atoms with Crippen molar-refractivity contribution in [1.82, 2.24) is 4.90 Å². The molecule has 1 aliphatic heterocycles. The van der Waals surface area contributed by atoms with E-state index in [0.29, 0.717) is 6.61 Å². The molecule has 0 aromatic heterocycles. The second kappa shape index (κ2) is 6.15. The van der Waals surface area contributed by atoms with E-state index in [1.807, 2.05) is 0 Å². The summed E-state index contributed by atoms with van der Waals surface area (Å²) in [4.78, 5) is 2.61. The molecule has 106 valence electrons. The number of hydrogen-bond acceptors (Lipinski definition) is 3. The summed E-state index contributed by atoms with van der Waals surface area (Å²) in [6.45, 7) is 10.9. The molecule has 4 unspecified atom stereocenters. The third-order valence-corrected chi connectivity index (χ3v) is 5.80. The van der Waals surface area contributed by atoms with Crippen LogP contribution in [0.25, 0.3) is 0 Å². The first-order chi connectivity index (χ1) is 8.53. The van der Waals surface area contributed by atoms with Crippen LogP contribution in [0.15, 0.2) is 0 Å². The average Bonchev–Trinajstić information content (AvgIpc) is 2.27. The Morgan fingerprint density at radius 1 is 1.22 bits per heavy atom. The largest absolute Gasteiger partial charge is 0.396 e. The topological polar surface area (TPSA) is 23.5 Å². The van der Waals surface area contributed by atoms with Crippen LogP contribution < -0.4 is 0 Å². The molecule has 1 aliphatic carbocycles. The molecule has 2 rings (SSSR count). The second-order valence-electron chi connectivity index (χ2n) is 6.81. The van der Waals surface area contributed by atoms with E-state index in [4.69, 9.17) is 0 Å². The van der Waals surface area contributed by atoms with E-state index in [1.165, 1.54) is 38.8 Å². The fourth-order valence-electron chi connectivity index (χ4n) is 3.99. The summed E-state index contributed by atoms with van der Waals surface area (Å²) in [6, 6.07) is 0. The third kappa shape index (κ3) is 3.64. The monoisotopic (exact) mass is 271 g/mol. The summed E-state index contributed by atoms with van der Waals surface area (Å²) < 4.78 is 0. The van der Waals surface area contributed by atoms with E-state index >= 15 is 0 Å². The maximum atomic E-state index is 9.89. The zero-order valence-corrected chi connectivity index (χ0v) is 13.0. The van der Waals surface area contributed by atoms with Crippen LogP contribution in [0.1, 0.15) is 46.5 Å². The van der Waals surface area contributed by atoms with Gasteiger partial charge in [-0.3, -0.25) is 0 Å². The second-order valence-corrected chi connectivity index (χ2v) is 8.69.